The van der Waals surface area contributed by atoms with Crippen molar-refractivity contribution in [3.63, 3.8) is 0 Å². The van der Waals surface area contributed by atoms with Gasteiger partial charge in [0, 0.05) is 0 Å². The van der Waals surface area contributed by atoms with Crippen LogP contribution in [0.3, 0.4) is 0 Å². The lowest BCUT2D eigenvalue weighted by Gasteiger charge is -2.11. The Balaban J connectivity index is 2.71. The summed E-state index contributed by atoms with van der Waals surface area (Å²) in [4.78, 5) is 0. The van der Waals surface area contributed by atoms with Gasteiger partial charge in [-0.15, -0.1) is 0 Å². The summed E-state index contributed by atoms with van der Waals surface area (Å²) in [6.45, 7) is 3.96. The van der Waals surface area contributed by atoms with Crippen molar-refractivity contribution in [2.45, 2.75) is 19.2 Å². The lowest BCUT2D eigenvalue weighted by Crippen LogP contribution is -1.95. The Morgan fingerprint density at radius 3 is 2.25 bits per heavy atom. The summed E-state index contributed by atoms with van der Waals surface area (Å²) in [7, 11) is 5.80. The SMILES string of the molecule is [B]C(C)(C)C=Cc1ccccc1. The molecule has 0 aliphatic carbocycles. The van der Waals surface area contributed by atoms with E-state index in [0.717, 1.165) is 0 Å². The van der Waals surface area contributed by atoms with Gasteiger partial charge in [0.25, 0.3) is 0 Å². The first kappa shape index (κ1) is 9.12. The summed E-state index contributed by atoms with van der Waals surface area (Å²) < 4.78 is 0. The van der Waals surface area contributed by atoms with Crippen LogP contribution in [0.25, 0.3) is 6.08 Å². The summed E-state index contributed by atoms with van der Waals surface area (Å²) in [5, 5.41) is -0.226. The average Bonchev–Trinajstić information content (AvgIpc) is 2.02. The summed E-state index contributed by atoms with van der Waals surface area (Å²) in [6, 6.07) is 10.2. The molecule has 1 rings (SSSR count). The van der Waals surface area contributed by atoms with Crippen molar-refractivity contribution < 1.29 is 0 Å². The predicted molar refractivity (Wildman–Crippen MR) is 55.3 cm³/mol. The largest absolute Gasteiger partial charge is 0.0870 e. The van der Waals surface area contributed by atoms with Crippen LogP contribution in [0, 0.1) is 0 Å². The zero-order chi connectivity index (χ0) is 9.03. The van der Waals surface area contributed by atoms with Crippen molar-refractivity contribution in [1.82, 2.24) is 0 Å². The highest BCUT2D eigenvalue weighted by Crippen LogP contribution is 2.21. The number of hydrogen-bond acceptors (Lipinski definition) is 0. The Labute approximate surface area is 75.7 Å². The first-order valence-electron chi connectivity index (χ1n) is 4.11. The molecular formula is C11H13B. The summed E-state index contributed by atoms with van der Waals surface area (Å²) in [5.41, 5.74) is 1.19. The third-order valence-corrected chi connectivity index (χ3v) is 1.50. The Morgan fingerprint density at radius 2 is 1.75 bits per heavy atom. The lowest BCUT2D eigenvalue weighted by atomic mass is 9.72. The summed E-state index contributed by atoms with van der Waals surface area (Å²) in [5.74, 6) is 0. The van der Waals surface area contributed by atoms with Crippen LogP contribution < -0.4 is 0 Å². The molecule has 1 aromatic carbocycles. The Hall–Kier alpha value is -0.975. The molecule has 1 aromatic rings. The fourth-order valence-electron chi connectivity index (χ4n) is 0.875. The minimum Gasteiger partial charge on any atom is -0.0870 e. The molecule has 2 radical (unpaired) electrons. The molecular weight excluding hydrogens is 143 g/mol. The van der Waals surface area contributed by atoms with E-state index in [1.807, 2.05) is 44.2 Å². The fraction of sp³-hybridized carbons (Fsp3) is 0.273. The van der Waals surface area contributed by atoms with Gasteiger partial charge < -0.3 is 0 Å². The van der Waals surface area contributed by atoms with Crippen molar-refractivity contribution in [1.29, 1.82) is 0 Å². The molecule has 0 atom stereocenters. The molecule has 12 heavy (non-hydrogen) atoms. The normalized spacial score (nSPS) is 12.2. The van der Waals surface area contributed by atoms with Gasteiger partial charge in [-0.1, -0.05) is 61.6 Å². The van der Waals surface area contributed by atoms with Gasteiger partial charge in [0.05, 0.1) is 7.85 Å². The molecule has 0 nitrogen and oxygen atoms in total. The third-order valence-electron chi connectivity index (χ3n) is 1.50. The van der Waals surface area contributed by atoms with Crippen LogP contribution in [0.4, 0.5) is 0 Å². The summed E-state index contributed by atoms with van der Waals surface area (Å²) >= 11 is 0. The standard InChI is InChI=1S/C11H13B/c1-11(2,12)9-8-10-6-4-3-5-7-10/h3-9H,1-2H3. The predicted octanol–water partition coefficient (Wildman–Crippen LogP) is 3.07. The molecule has 0 saturated heterocycles. The number of rotatable bonds is 2. The highest BCUT2D eigenvalue weighted by molar-refractivity contribution is 6.16. The molecule has 0 N–H and O–H groups in total. The molecule has 0 aliphatic rings. The van der Waals surface area contributed by atoms with E-state index < -0.39 is 0 Å². The van der Waals surface area contributed by atoms with Gasteiger partial charge >= 0.3 is 0 Å². The molecule has 0 aliphatic heterocycles. The molecule has 0 spiro atoms. The van der Waals surface area contributed by atoms with Gasteiger partial charge in [-0.05, 0) is 5.56 Å². The molecule has 1 heteroatoms. The highest BCUT2D eigenvalue weighted by atomic mass is 14.0. The Kier molecular flexibility index (Phi) is 2.75. The van der Waals surface area contributed by atoms with Gasteiger partial charge in [-0.2, -0.15) is 0 Å². The van der Waals surface area contributed by atoms with Crippen LogP contribution in [0.5, 0.6) is 0 Å². The molecule has 60 valence electrons. The smallest absolute Gasteiger partial charge is 0.0794 e. The highest BCUT2D eigenvalue weighted by Gasteiger charge is 2.02. The van der Waals surface area contributed by atoms with E-state index in [9.17, 15) is 0 Å². The van der Waals surface area contributed by atoms with Crippen molar-refractivity contribution in [3.05, 3.63) is 42.0 Å². The van der Waals surface area contributed by atoms with E-state index in [0.29, 0.717) is 0 Å². The van der Waals surface area contributed by atoms with E-state index in [-0.39, 0.29) is 5.31 Å². The van der Waals surface area contributed by atoms with E-state index in [1.54, 1.807) is 0 Å². The van der Waals surface area contributed by atoms with Crippen LogP contribution in [0.1, 0.15) is 19.4 Å². The minimum atomic E-state index is -0.226. The molecule has 0 unspecified atom stereocenters. The minimum absolute atomic E-state index is 0.226. The second-order valence-corrected chi connectivity index (χ2v) is 3.57. The first-order valence-corrected chi connectivity index (χ1v) is 4.11. The lowest BCUT2D eigenvalue weighted by molar-refractivity contribution is 0.866. The van der Waals surface area contributed by atoms with Crippen LogP contribution in [0.15, 0.2) is 36.4 Å². The van der Waals surface area contributed by atoms with Gasteiger partial charge in [-0.3, -0.25) is 0 Å². The van der Waals surface area contributed by atoms with Crippen LogP contribution >= 0.6 is 0 Å². The topological polar surface area (TPSA) is 0 Å². The molecule has 0 fully saturated rings. The van der Waals surface area contributed by atoms with E-state index in [2.05, 4.69) is 12.1 Å². The number of hydrogen-bond donors (Lipinski definition) is 0. The molecule has 0 saturated carbocycles. The van der Waals surface area contributed by atoms with Crippen LogP contribution in [0.2, 0.25) is 5.31 Å². The monoisotopic (exact) mass is 156 g/mol. The quantitative estimate of drug-likeness (QED) is 0.577. The van der Waals surface area contributed by atoms with Crippen molar-refractivity contribution >= 4 is 13.9 Å². The molecule has 0 amide bonds. The molecule has 0 heterocycles. The second kappa shape index (κ2) is 3.62. The number of benzene rings is 1. The van der Waals surface area contributed by atoms with Gasteiger partial charge in [0.2, 0.25) is 0 Å². The first-order chi connectivity index (χ1) is 5.58. The van der Waals surface area contributed by atoms with Crippen LogP contribution in [-0.4, -0.2) is 7.85 Å². The molecule has 0 bridgehead atoms. The van der Waals surface area contributed by atoms with Gasteiger partial charge in [0.15, 0.2) is 0 Å². The zero-order valence-corrected chi connectivity index (χ0v) is 7.62. The van der Waals surface area contributed by atoms with Crippen molar-refractivity contribution in [2.24, 2.45) is 0 Å². The fourth-order valence-corrected chi connectivity index (χ4v) is 0.875. The van der Waals surface area contributed by atoms with Crippen LogP contribution in [-0.2, 0) is 0 Å². The zero-order valence-electron chi connectivity index (χ0n) is 7.62. The Morgan fingerprint density at radius 1 is 1.17 bits per heavy atom. The van der Waals surface area contributed by atoms with Gasteiger partial charge in [-0.25, -0.2) is 0 Å². The van der Waals surface area contributed by atoms with E-state index in [4.69, 9.17) is 7.85 Å². The van der Waals surface area contributed by atoms with Gasteiger partial charge in [0.1, 0.15) is 0 Å². The summed E-state index contributed by atoms with van der Waals surface area (Å²) in [6.07, 6.45) is 4.04. The maximum Gasteiger partial charge on any atom is 0.0794 e. The average molecular weight is 156 g/mol. The molecule has 0 aromatic heterocycles. The Bertz CT molecular complexity index is 254. The maximum absolute atomic E-state index is 5.80. The van der Waals surface area contributed by atoms with E-state index in [1.165, 1.54) is 5.56 Å². The maximum atomic E-state index is 5.80. The second-order valence-electron chi connectivity index (χ2n) is 3.57. The van der Waals surface area contributed by atoms with Crippen molar-refractivity contribution in [3.8, 4) is 0 Å². The van der Waals surface area contributed by atoms with E-state index >= 15 is 0 Å². The number of allylic oxidation sites excluding steroid dienone is 1. The van der Waals surface area contributed by atoms with Crippen molar-refractivity contribution in [2.75, 3.05) is 0 Å². The third kappa shape index (κ3) is 3.43.